The largest absolute Gasteiger partial charge is 0.491 e. The Hall–Kier alpha value is -4.31. The molecule has 0 saturated heterocycles. The summed E-state index contributed by atoms with van der Waals surface area (Å²) < 4.78 is 131. The molecule has 1 aliphatic heterocycles. The van der Waals surface area contributed by atoms with Crippen LogP contribution in [0.1, 0.15) is 49.1 Å². The van der Waals surface area contributed by atoms with Crippen LogP contribution in [0.3, 0.4) is 0 Å². The van der Waals surface area contributed by atoms with Crippen LogP contribution < -0.4 is 14.8 Å². The normalized spacial score (nSPS) is 17.8. The van der Waals surface area contributed by atoms with Crippen molar-refractivity contribution in [3.8, 4) is 11.5 Å². The average Bonchev–Trinajstić information content (AvgIpc) is 3.44. The number of nitrogens with zero attached hydrogens (tertiary/aromatic N) is 3. The second kappa shape index (κ2) is 12.5. The molecule has 0 aliphatic carbocycles. The summed E-state index contributed by atoms with van der Waals surface area (Å²) in [5.74, 6) is -3.54. The minimum atomic E-state index is -5.19. The van der Waals surface area contributed by atoms with Gasteiger partial charge in [0.1, 0.15) is 5.75 Å². The molecule has 43 heavy (non-hydrogen) atoms. The molecule has 1 unspecified atom stereocenters. The van der Waals surface area contributed by atoms with Crippen LogP contribution in [0.5, 0.6) is 11.5 Å². The van der Waals surface area contributed by atoms with E-state index >= 15 is 0 Å². The lowest BCUT2D eigenvalue weighted by Crippen LogP contribution is -2.58. The van der Waals surface area contributed by atoms with E-state index in [2.05, 4.69) is 25.4 Å². The van der Waals surface area contributed by atoms with Crippen LogP contribution in [-0.2, 0) is 10.3 Å². The number of rotatable bonds is 11. The fraction of sp³-hybridized carbons (Fsp3) is 0.385. The van der Waals surface area contributed by atoms with Gasteiger partial charge >= 0.3 is 19.0 Å². The summed E-state index contributed by atoms with van der Waals surface area (Å²) in [4.78, 5) is 13.3. The second-order valence-corrected chi connectivity index (χ2v) is 9.45. The van der Waals surface area contributed by atoms with Gasteiger partial charge in [-0.15, -0.1) is 10.2 Å². The molecule has 2 N–H and O–H groups in total. The van der Waals surface area contributed by atoms with E-state index in [1.165, 1.54) is 12.1 Å². The zero-order valence-corrected chi connectivity index (χ0v) is 21.8. The van der Waals surface area contributed by atoms with Crippen molar-refractivity contribution in [3.63, 3.8) is 0 Å². The van der Waals surface area contributed by atoms with Gasteiger partial charge in [-0.25, -0.2) is 4.39 Å². The van der Waals surface area contributed by atoms with Gasteiger partial charge in [0.05, 0.1) is 12.2 Å². The Morgan fingerprint density at radius 2 is 1.70 bits per heavy atom. The van der Waals surface area contributed by atoms with E-state index < -0.39 is 60.4 Å². The number of carbonyl (C=O) groups excluding carboxylic acids is 1. The molecule has 0 spiro atoms. The van der Waals surface area contributed by atoms with Gasteiger partial charge in [0.25, 0.3) is 5.91 Å². The highest BCUT2D eigenvalue weighted by Gasteiger charge is 2.60. The maximum absolute atomic E-state index is 15.0. The van der Waals surface area contributed by atoms with Crippen molar-refractivity contribution >= 4 is 17.1 Å². The number of unbranched alkanes of at least 4 members (excludes halogenated alkanes) is 2. The maximum Gasteiger partial charge on any atom is 0.416 e. The first-order chi connectivity index (χ1) is 20.2. The lowest BCUT2D eigenvalue weighted by molar-refractivity contribution is -0.201. The molecular weight excluding hydrogens is 601 g/mol. The molecule has 4 rings (SSSR count). The van der Waals surface area contributed by atoms with Crippen molar-refractivity contribution in [3.05, 3.63) is 65.2 Å². The molecule has 0 fully saturated rings. The number of tetrazole rings is 1. The summed E-state index contributed by atoms with van der Waals surface area (Å²) in [5.41, 5.74) is -4.48. The van der Waals surface area contributed by atoms with Gasteiger partial charge in [-0.2, -0.15) is 40.3 Å². The predicted molar refractivity (Wildman–Crippen MR) is 131 cm³/mol. The number of aromatic amines is 1. The molecule has 8 nitrogen and oxygen atoms in total. The first kappa shape index (κ1) is 31.6. The summed E-state index contributed by atoms with van der Waals surface area (Å²) in [6, 6.07) is 6.85. The molecule has 17 heteroatoms. The van der Waals surface area contributed by atoms with Gasteiger partial charge in [-0.05, 0) is 65.4 Å². The van der Waals surface area contributed by atoms with Gasteiger partial charge in [0.2, 0.25) is 5.82 Å². The molecule has 232 valence electrons. The Kier molecular flexibility index (Phi) is 9.20. The number of halogens is 9. The fourth-order valence-corrected chi connectivity index (χ4v) is 4.56. The number of hydrogen-bond donors (Lipinski definition) is 2. The van der Waals surface area contributed by atoms with E-state index in [-0.39, 0.29) is 54.2 Å². The van der Waals surface area contributed by atoms with E-state index in [0.29, 0.717) is 6.07 Å². The van der Waals surface area contributed by atoms with Gasteiger partial charge in [0.15, 0.2) is 17.1 Å². The minimum absolute atomic E-state index is 0.0100. The van der Waals surface area contributed by atoms with Crippen LogP contribution in [0.2, 0.25) is 0 Å². The van der Waals surface area contributed by atoms with E-state index in [9.17, 15) is 44.3 Å². The lowest BCUT2D eigenvalue weighted by atomic mass is 9.76. The van der Waals surface area contributed by atoms with Crippen molar-refractivity contribution in [2.24, 2.45) is 0 Å². The number of benzene rings is 2. The SMILES string of the molecule is O=C1NC(c2ccc(OCCCCCC(F)(F)F)c(F)c2)(C(F)(F)F)CC(c2ccc(OC(F)F)cc2)=C1c1nn[nH]n1. The van der Waals surface area contributed by atoms with E-state index in [1.54, 1.807) is 0 Å². The zero-order valence-electron chi connectivity index (χ0n) is 21.8. The molecule has 2 heterocycles. The Labute approximate surface area is 237 Å². The van der Waals surface area contributed by atoms with Gasteiger partial charge in [-0.1, -0.05) is 18.2 Å². The smallest absolute Gasteiger partial charge is 0.416 e. The number of aromatic nitrogens is 4. The number of nitrogens with one attached hydrogen (secondary N) is 2. The van der Waals surface area contributed by atoms with Gasteiger partial charge in [0, 0.05) is 12.8 Å². The second-order valence-electron chi connectivity index (χ2n) is 9.45. The number of carbonyl (C=O) groups is 1. The third-order valence-corrected chi connectivity index (χ3v) is 6.57. The van der Waals surface area contributed by atoms with Crippen LogP contribution in [0.25, 0.3) is 11.1 Å². The monoisotopic (exact) mass is 623 g/mol. The topological polar surface area (TPSA) is 102 Å². The molecule has 0 radical (unpaired) electrons. The number of alkyl halides is 8. The highest BCUT2D eigenvalue weighted by atomic mass is 19.4. The first-order valence-corrected chi connectivity index (χ1v) is 12.6. The van der Waals surface area contributed by atoms with Crippen LogP contribution in [0.15, 0.2) is 42.5 Å². The Morgan fingerprint density at radius 3 is 2.28 bits per heavy atom. The Morgan fingerprint density at radius 1 is 0.977 bits per heavy atom. The summed E-state index contributed by atoms with van der Waals surface area (Å²) in [6.45, 7) is -3.34. The van der Waals surface area contributed by atoms with Gasteiger partial charge in [-0.3, -0.25) is 4.79 Å². The molecule has 3 aromatic rings. The van der Waals surface area contributed by atoms with E-state index in [0.717, 1.165) is 24.3 Å². The average molecular weight is 623 g/mol. The zero-order chi connectivity index (χ0) is 31.4. The van der Waals surface area contributed by atoms with Crippen LogP contribution in [-0.4, -0.2) is 52.1 Å². The summed E-state index contributed by atoms with van der Waals surface area (Å²) in [6.07, 6.45) is -11.4. The third-order valence-electron chi connectivity index (χ3n) is 6.57. The van der Waals surface area contributed by atoms with Crippen molar-refractivity contribution in [2.75, 3.05) is 6.61 Å². The molecule has 0 saturated carbocycles. The molecule has 1 aliphatic rings. The quantitative estimate of drug-likeness (QED) is 0.191. The van der Waals surface area contributed by atoms with Crippen molar-refractivity contribution in [2.45, 2.75) is 56.6 Å². The summed E-state index contributed by atoms with van der Waals surface area (Å²) in [5, 5.41) is 14.7. The van der Waals surface area contributed by atoms with Crippen molar-refractivity contribution in [1.29, 1.82) is 0 Å². The standard InChI is InChI=1S/C26H22F9N5O3/c27-18-12-15(6-9-19(18)42-11-3-1-2-10-25(30,31)32)24(26(33,34)35)13-17(14-4-7-16(8-5-14)43-23(28)29)20(22(41)36-24)21-37-39-40-38-21/h4-9,12,23H,1-3,10-11,13H2,(H,36,41)(H,37,38,39,40). The van der Waals surface area contributed by atoms with Crippen LogP contribution >= 0.6 is 0 Å². The van der Waals surface area contributed by atoms with E-state index in [1.807, 2.05) is 5.32 Å². The maximum atomic E-state index is 15.0. The van der Waals surface area contributed by atoms with Crippen LogP contribution in [0, 0.1) is 5.82 Å². The molecular formula is C26H22F9N5O3. The highest BCUT2D eigenvalue weighted by molar-refractivity contribution is 6.27. The Bertz CT molecular complexity index is 1440. The van der Waals surface area contributed by atoms with Crippen molar-refractivity contribution in [1.82, 2.24) is 25.9 Å². The number of ether oxygens (including phenoxy) is 2. The van der Waals surface area contributed by atoms with Crippen LogP contribution in [0.4, 0.5) is 39.5 Å². The Balaban J connectivity index is 1.66. The lowest BCUT2D eigenvalue weighted by Gasteiger charge is -2.41. The predicted octanol–water partition coefficient (Wildman–Crippen LogP) is 6.33. The third kappa shape index (κ3) is 7.37. The molecule has 0 bridgehead atoms. The molecule has 1 aromatic heterocycles. The van der Waals surface area contributed by atoms with E-state index in [4.69, 9.17) is 4.74 Å². The minimum Gasteiger partial charge on any atom is -0.491 e. The first-order valence-electron chi connectivity index (χ1n) is 12.6. The van der Waals surface area contributed by atoms with Gasteiger partial charge < -0.3 is 14.8 Å². The molecule has 1 atom stereocenters. The number of H-pyrrole nitrogens is 1. The number of amides is 1. The van der Waals surface area contributed by atoms with Crippen molar-refractivity contribution < 1.29 is 53.8 Å². The number of hydrogen-bond acceptors (Lipinski definition) is 6. The molecule has 1 amide bonds. The fourth-order valence-electron chi connectivity index (χ4n) is 4.56. The highest BCUT2D eigenvalue weighted by Crippen LogP contribution is 2.50. The summed E-state index contributed by atoms with van der Waals surface area (Å²) >= 11 is 0. The summed E-state index contributed by atoms with van der Waals surface area (Å²) in [7, 11) is 0. The molecule has 2 aromatic carbocycles.